The lowest BCUT2D eigenvalue weighted by molar-refractivity contribution is 0.0122. The van der Waals surface area contributed by atoms with Crippen LogP contribution in [0.25, 0.3) is 0 Å². The van der Waals surface area contributed by atoms with E-state index in [1.807, 2.05) is 0 Å². The molecule has 1 unspecified atom stereocenters. The lowest BCUT2D eigenvalue weighted by Crippen LogP contribution is -2.18. The maximum absolute atomic E-state index is 5.65. The van der Waals surface area contributed by atoms with Crippen LogP contribution in [0.4, 0.5) is 0 Å². The molecule has 78 valence electrons. The second kappa shape index (κ2) is 5.41. The fourth-order valence-electron chi connectivity index (χ4n) is 1.90. The molecule has 1 saturated heterocycles. The lowest BCUT2D eigenvalue weighted by atomic mass is 10.0. The van der Waals surface area contributed by atoms with Crippen molar-refractivity contribution >= 4 is 0 Å². The van der Waals surface area contributed by atoms with Gasteiger partial charge in [-0.05, 0) is 44.4 Å². The molecular formula is C13H20O. The van der Waals surface area contributed by atoms with Crippen LogP contribution in [0.5, 0.6) is 0 Å². The lowest BCUT2D eigenvalue weighted by Gasteiger charge is -2.21. The Morgan fingerprint density at radius 1 is 1.07 bits per heavy atom. The molecule has 0 radical (unpaired) electrons. The maximum atomic E-state index is 5.65. The van der Waals surface area contributed by atoms with Crippen LogP contribution in [-0.2, 0) is 4.74 Å². The SMILES string of the molecule is C(#CCC1CC1)CCC1CCCCO1. The quantitative estimate of drug-likeness (QED) is 0.624. The molecule has 1 heterocycles. The first-order chi connectivity index (χ1) is 6.95. The molecule has 1 aliphatic heterocycles. The molecule has 14 heavy (non-hydrogen) atoms. The van der Waals surface area contributed by atoms with Crippen molar-refractivity contribution < 1.29 is 4.74 Å². The van der Waals surface area contributed by atoms with Gasteiger partial charge in [0.25, 0.3) is 0 Å². The first-order valence-electron chi connectivity index (χ1n) is 6.02. The average molecular weight is 192 g/mol. The van der Waals surface area contributed by atoms with E-state index in [-0.39, 0.29) is 0 Å². The number of ether oxygens (including phenoxy) is 1. The molecule has 0 aromatic rings. The van der Waals surface area contributed by atoms with Crippen molar-refractivity contribution in [3.63, 3.8) is 0 Å². The Bertz CT molecular complexity index is 213. The Kier molecular flexibility index (Phi) is 3.89. The highest BCUT2D eigenvalue weighted by Crippen LogP contribution is 2.31. The number of rotatable bonds is 3. The highest BCUT2D eigenvalue weighted by Gasteiger charge is 2.19. The van der Waals surface area contributed by atoms with E-state index >= 15 is 0 Å². The molecule has 0 aromatic heterocycles. The minimum atomic E-state index is 0.513. The zero-order valence-corrected chi connectivity index (χ0v) is 8.93. The Labute approximate surface area is 87.2 Å². The van der Waals surface area contributed by atoms with Crippen molar-refractivity contribution in [1.82, 2.24) is 0 Å². The second-order valence-corrected chi connectivity index (χ2v) is 4.53. The van der Waals surface area contributed by atoms with Gasteiger partial charge in [-0.15, -0.1) is 11.8 Å². The molecule has 2 aliphatic rings. The molecule has 1 atom stereocenters. The van der Waals surface area contributed by atoms with Gasteiger partial charge in [-0.1, -0.05) is 0 Å². The summed E-state index contributed by atoms with van der Waals surface area (Å²) in [6.07, 6.45) is 10.5. The van der Waals surface area contributed by atoms with Crippen LogP contribution in [0, 0.1) is 17.8 Å². The zero-order valence-electron chi connectivity index (χ0n) is 8.93. The largest absolute Gasteiger partial charge is 0.378 e. The maximum Gasteiger partial charge on any atom is 0.0584 e. The standard InChI is InChI=1S/C13H20O/c1(2-6-12-9-10-12)3-7-13-8-4-5-11-14-13/h12-13H,3-11H2. The van der Waals surface area contributed by atoms with Gasteiger partial charge in [-0.3, -0.25) is 0 Å². The third-order valence-electron chi connectivity index (χ3n) is 3.08. The van der Waals surface area contributed by atoms with Crippen LogP contribution in [0.15, 0.2) is 0 Å². The first kappa shape index (κ1) is 10.1. The highest BCUT2D eigenvalue weighted by atomic mass is 16.5. The van der Waals surface area contributed by atoms with Gasteiger partial charge in [0.2, 0.25) is 0 Å². The fraction of sp³-hybridized carbons (Fsp3) is 0.846. The van der Waals surface area contributed by atoms with Crippen molar-refractivity contribution in [2.75, 3.05) is 6.61 Å². The van der Waals surface area contributed by atoms with E-state index in [0.29, 0.717) is 6.10 Å². The molecule has 0 aromatic carbocycles. The van der Waals surface area contributed by atoms with Gasteiger partial charge in [-0.2, -0.15) is 0 Å². The third kappa shape index (κ3) is 3.72. The Morgan fingerprint density at radius 2 is 2.00 bits per heavy atom. The van der Waals surface area contributed by atoms with Gasteiger partial charge in [0.05, 0.1) is 6.10 Å². The summed E-state index contributed by atoms with van der Waals surface area (Å²) in [6, 6.07) is 0. The second-order valence-electron chi connectivity index (χ2n) is 4.53. The van der Waals surface area contributed by atoms with Crippen LogP contribution >= 0.6 is 0 Å². The topological polar surface area (TPSA) is 9.23 Å². The van der Waals surface area contributed by atoms with Crippen molar-refractivity contribution in [3.05, 3.63) is 0 Å². The van der Waals surface area contributed by atoms with E-state index in [1.165, 1.54) is 32.1 Å². The first-order valence-corrected chi connectivity index (χ1v) is 6.02. The van der Waals surface area contributed by atoms with Crippen molar-refractivity contribution in [2.24, 2.45) is 5.92 Å². The summed E-state index contributed by atoms with van der Waals surface area (Å²) in [5.41, 5.74) is 0. The van der Waals surface area contributed by atoms with Crippen molar-refractivity contribution in [3.8, 4) is 11.8 Å². The molecule has 2 fully saturated rings. The molecule has 0 spiro atoms. The predicted molar refractivity (Wildman–Crippen MR) is 57.9 cm³/mol. The van der Waals surface area contributed by atoms with Crippen LogP contribution in [-0.4, -0.2) is 12.7 Å². The summed E-state index contributed by atoms with van der Waals surface area (Å²) >= 11 is 0. The Balaban J connectivity index is 1.53. The average Bonchev–Trinajstić information content (AvgIpc) is 3.03. The predicted octanol–water partition coefficient (Wildman–Crippen LogP) is 3.14. The zero-order chi connectivity index (χ0) is 9.64. The Hall–Kier alpha value is -0.480. The van der Waals surface area contributed by atoms with Gasteiger partial charge in [-0.25, -0.2) is 0 Å². The van der Waals surface area contributed by atoms with E-state index in [2.05, 4.69) is 11.8 Å². The van der Waals surface area contributed by atoms with Gasteiger partial charge in [0.1, 0.15) is 0 Å². The minimum absolute atomic E-state index is 0.513. The summed E-state index contributed by atoms with van der Waals surface area (Å²) in [4.78, 5) is 0. The summed E-state index contributed by atoms with van der Waals surface area (Å²) in [5.74, 6) is 7.51. The highest BCUT2D eigenvalue weighted by molar-refractivity contribution is 5.02. The minimum Gasteiger partial charge on any atom is -0.378 e. The van der Waals surface area contributed by atoms with Crippen LogP contribution < -0.4 is 0 Å². The molecule has 1 saturated carbocycles. The van der Waals surface area contributed by atoms with Gasteiger partial charge in [0.15, 0.2) is 0 Å². The molecule has 0 amide bonds. The molecule has 0 N–H and O–H groups in total. The molecule has 1 nitrogen and oxygen atoms in total. The van der Waals surface area contributed by atoms with Crippen LogP contribution in [0.2, 0.25) is 0 Å². The Morgan fingerprint density at radius 3 is 2.71 bits per heavy atom. The van der Waals surface area contributed by atoms with E-state index in [9.17, 15) is 0 Å². The van der Waals surface area contributed by atoms with Crippen LogP contribution in [0.1, 0.15) is 51.4 Å². The summed E-state index contributed by atoms with van der Waals surface area (Å²) < 4.78 is 5.65. The molecule has 1 aliphatic carbocycles. The van der Waals surface area contributed by atoms with E-state index in [0.717, 1.165) is 31.8 Å². The fourth-order valence-corrected chi connectivity index (χ4v) is 1.90. The van der Waals surface area contributed by atoms with Gasteiger partial charge >= 0.3 is 0 Å². The normalized spacial score (nSPS) is 26.7. The smallest absolute Gasteiger partial charge is 0.0584 e. The molecule has 1 heteroatoms. The molecular weight excluding hydrogens is 172 g/mol. The monoisotopic (exact) mass is 192 g/mol. The van der Waals surface area contributed by atoms with E-state index in [4.69, 9.17) is 4.74 Å². The summed E-state index contributed by atoms with van der Waals surface area (Å²) in [6.45, 7) is 0.972. The molecule has 2 rings (SSSR count). The van der Waals surface area contributed by atoms with Crippen molar-refractivity contribution in [2.45, 2.75) is 57.5 Å². The van der Waals surface area contributed by atoms with Crippen LogP contribution in [0.3, 0.4) is 0 Å². The summed E-state index contributed by atoms with van der Waals surface area (Å²) in [5, 5.41) is 0. The number of hydrogen-bond acceptors (Lipinski definition) is 1. The van der Waals surface area contributed by atoms with Gasteiger partial charge < -0.3 is 4.74 Å². The van der Waals surface area contributed by atoms with E-state index < -0.39 is 0 Å². The van der Waals surface area contributed by atoms with Crippen molar-refractivity contribution in [1.29, 1.82) is 0 Å². The summed E-state index contributed by atoms with van der Waals surface area (Å²) in [7, 11) is 0. The van der Waals surface area contributed by atoms with E-state index in [1.54, 1.807) is 0 Å². The third-order valence-corrected chi connectivity index (χ3v) is 3.08. The van der Waals surface area contributed by atoms with Gasteiger partial charge in [0, 0.05) is 19.4 Å². The molecule has 0 bridgehead atoms. The number of hydrogen-bond donors (Lipinski definition) is 0.